The molecule has 0 radical (unpaired) electrons. The summed E-state index contributed by atoms with van der Waals surface area (Å²) in [5.74, 6) is -0.518. The number of sulfonamides is 2. The van der Waals surface area contributed by atoms with Crippen molar-refractivity contribution in [3.05, 3.63) is 53.1 Å². The maximum atomic E-state index is 12.8. The second-order valence-corrected chi connectivity index (χ2v) is 10.2. The highest BCUT2D eigenvalue weighted by atomic mass is 32.2. The summed E-state index contributed by atoms with van der Waals surface area (Å²) in [6, 6.07) is 9.05. The first-order chi connectivity index (χ1) is 13.9. The number of aryl methyl sites for hydroxylation is 2. The summed E-state index contributed by atoms with van der Waals surface area (Å²) >= 11 is 0. The molecule has 0 aliphatic carbocycles. The number of ether oxygens (including phenoxy) is 1. The first-order valence-corrected chi connectivity index (χ1v) is 12.3. The molecule has 0 heterocycles. The minimum absolute atomic E-state index is 0.0438. The fraction of sp³-hybridized carbons (Fsp3) is 0.316. The Balaban J connectivity index is 2.28. The van der Waals surface area contributed by atoms with Gasteiger partial charge >= 0.3 is 0 Å². The molecule has 0 aliphatic rings. The number of rotatable bonds is 9. The van der Waals surface area contributed by atoms with Crippen LogP contribution >= 0.6 is 0 Å². The van der Waals surface area contributed by atoms with Crippen LogP contribution in [-0.2, 0) is 24.8 Å². The third kappa shape index (κ3) is 6.52. The van der Waals surface area contributed by atoms with Gasteiger partial charge in [0, 0.05) is 24.9 Å². The molecule has 0 fully saturated rings. The SMILES string of the molecule is COCCNS(=O)(=O)c1ccc(C)c(C(=O)Nc2ccc(C)c(NS(C)(=O)=O)c2)c1. The number of carbonyl (C=O) groups excluding carboxylic acids is 1. The predicted molar refractivity (Wildman–Crippen MR) is 116 cm³/mol. The molecule has 2 aromatic rings. The van der Waals surface area contributed by atoms with Crippen LogP contribution in [0.15, 0.2) is 41.3 Å². The molecule has 0 aliphatic heterocycles. The average Bonchev–Trinajstić information content (AvgIpc) is 2.63. The predicted octanol–water partition coefficient (Wildman–Crippen LogP) is 1.85. The van der Waals surface area contributed by atoms with Gasteiger partial charge in [-0.1, -0.05) is 12.1 Å². The molecule has 1 amide bonds. The van der Waals surface area contributed by atoms with Crippen LogP contribution in [0.25, 0.3) is 0 Å². The molecule has 30 heavy (non-hydrogen) atoms. The Morgan fingerprint density at radius 3 is 2.30 bits per heavy atom. The van der Waals surface area contributed by atoms with Crippen LogP contribution < -0.4 is 14.8 Å². The van der Waals surface area contributed by atoms with Crippen molar-refractivity contribution in [2.24, 2.45) is 0 Å². The molecule has 0 atom stereocenters. The van der Waals surface area contributed by atoms with Crippen LogP contribution in [0.5, 0.6) is 0 Å². The van der Waals surface area contributed by atoms with Crippen LogP contribution in [0.2, 0.25) is 0 Å². The van der Waals surface area contributed by atoms with E-state index in [1.54, 1.807) is 32.0 Å². The number of methoxy groups -OCH3 is 1. The molecular formula is C19H25N3O6S2. The van der Waals surface area contributed by atoms with Gasteiger partial charge in [0.25, 0.3) is 5.91 Å². The van der Waals surface area contributed by atoms with E-state index in [9.17, 15) is 21.6 Å². The maximum absolute atomic E-state index is 12.8. The summed E-state index contributed by atoms with van der Waals surface area (Å²) in [6.45, 7) is 3.74. The van der Waals surface area contributed by atoms with E-state index in [0.29, 0.717) is 22.5 Å². The molecule has 0 unspecified atom stereocenters. The Hall–Kier alpha value is -2.47. The van der Waals surface area contributed by atoms with Crippen molar-refractivity contribution in [2.45, 2.75) is 18.7 Å². The zero-order valence-electron chi connectivity index (χ0n) is 17.1. The second kappa shape index (κ2) is 9.56. The van der Waals surface area contributed by atoms with Gasteiger partial charge in [0.1, 0.15) is 0 Å². The minimum Gasteiger partial charge on any atom is -0.383 e. The second-order valence-electron chi connectivity index (χ2n) is 6.73. The molecule has 0 saturated heterocycles. The topological polar surface area (TPSA) is 131 Å². The molecule has 9 nitrogen and oxygen atoms in total. The fourth-order valence-electron chi connectivity index (χ4n) is 2.58. The van der Waals surface area contributed by atoms with Gasteiger partial charge < -0.3 is 10.1 Å². The molecule has 0 saturated carbocycles. The lowest BCUT2D eigenvalue weighted by Gasteiger charge is -2.13. The van der Waals surface area contributed by atoms with Crippen molar-refractivity contribution in [1.82, 2.24) is 4.72 Å². The average molecular weight is 456 g/mol. The van der Waals surface area contributed by atoms with E-state index in [1.807, 2.05) is 0 Å². The van der Waals surface area contributed by atoms with Gasteiger partial charge in [-0.15, -0.1) is 0 Å². The van der Waals surface area contributed by atoms with Gasteiger partial charge in [0.05, 0.1) is 23.4 Å². The number of benzene rings is 2. The summed E-state index contributed by atoms with van der Waals surface area (Å²) in [5, 5.41) is 2.67. The molecule has 0 aromatic heterocycles. The number of nitrogens with one attached hydrogen (secondary N) is 3. The lowest BCUT2D eigenvalue weighted by atomic mass is 10.1. The monoisotopic (exact) mass is 455 g/mol. The van der Waals surface area contributed by atoms with Gasteiger partial charge in [-0.05, 0) is 49.2 Å². The van der Waals surface area contributed by atoms with E-state index in [2.05, 4.69) is 14.8 Å². The number of anilines is 2. The standard InChI is InChI=1S/C19H25N3O6S2/c1-13-6-8-16(30(26,27)20-9-10-28-3)12-17(13)19(23)21-15-7-5-14(2)18(11-15)22-29(4,24)25/h5-8,11-12,20,22H,9-10H2,1-4H3,(H,21,23). The van der Waals surface area contributed by atoms with Crippen LogP contribution in [-0.4, -0.2) is 49.3 Å². The van der Waals surface area contributed by atoms with E-state index < -0.39 is 26.0 Å². The molecule has 0 bridgehead atoms. The first kappa shape index (κ1) is 23.8. The molecule has 164 valence electrons. The molecule has 0 spiro atoms. The Morgan fingerprint density at radius 2 is 1.67 bits per heavy atom. The van der Waals surface area contributed by atoms with Gasteiger partial charge in [0.2, 0.25) is 20.0 Å². The third-order valence-electron chi connectivity index (χ3n) is 4.15. The highest BCUT2D eigenvalue weighted by Gasteiger charge is 2.18. The molecular weight excluding hydrogens is 430 g/mol. The number of amides is 1. The zero-order chi connectivity index (χ0) is 22.5. The van der Waals surface area contributed by atoms with Crippen LogP contribution in [0.1, 0.15) is 21.5 Å². The zero-order valence-corrected chi connectivity index (χ0v) is 18.8. The normalized spacial score (nSPS) is 11.9. The van der Waals surface area contributed by atoms with Gasteiger partial charge in [-0.3, -0.25) is 9.52 Å². The van der Waals surface area contributed by atoms with Crippen molar-refractivity contribution in [2.75, 3.05) is 36.6 Å². The number of hydrogen-bond acceptors (Lipinski definition) is 6. The van der Waals surface area contributed by atoms with E-state index in [4.69, 9.17) is 4.74 Å². The summed E-state index contributed by atoms with van der Waals surface area (Å²) in [7, 11) is -5.82. The Kier molecular flexibility index (Phi) is 7.59. The highest BCUT2D eigenvalue weighted by Crippen LogP contribution is 2.23. The van der Waals surface area contributed by atoms with Crippen molar-refractivity contribution < 1.29 is 26.4 Å². The number of carbonyl (C=O) groups is 1. The summed E-state index contributed by atoms with van der Waals surface area (Å²) < 4.78 is 57.4. The van der Waals surface area contributed by atoms with E-state index in [1.165, 1.54) is 25.3 Å². The third-order valence-corrected chi connectivity index (χ3v) is 6.20. The fourth-order valence-corrected chi connectivity index (χ4v) is 4.24. The van der Waals surface area contributed by atoms with Gasteiger partial charge in [0.15, 0.2) is 0 Å². The summed E-state index contributed by atoms with van der Waals surface area (Å²) in [5.41, 5.74) is 2.16. The number of hydrogen-bond donors (Lipinski definition) is 3. The Labute approximate surface area is 176 Å². The first-order valence-electron chi connectivity index (χ1n) is 8.92. The molecule has 11 heteroatoms. The van der Waals surface area contributed by atoms with Gasteiger partial charge in [-0.2, -0.15) is 0 Å². The Bertz CT molecular complexity index is 1140. The largest absolute Gasteiger partial charge is 0.383 e. The van der Waals surface area contributed by atoms with Crippen LogP contribution in [0.4, 0.5) is 11.4 Å². The molecule has 3 N–H and O–H groups in total. The Morgan fingerprint density at radius 1 is 1.00 bits per heavy atom. The highest BCUT2D eigenvalue weighted by molar-refractivity contribution is 7.92. The van der Waals surface area contributed by atoms with Crippen molar-refractivity contribution in [3.63, 3.8) is 0 Å². The lowest BCUT2D eigenvalue weighted by Crippen LogP contribution is -2.27. The molecule has 2 aromatic carbocycles. The van der Waals surface area contributed by atoms with Gasteiger partial charge in [-0.25, -0.2) is 21.6 Å². The smallest absolute Gasteiger partial charge is 0.255 e. The summed E-state index contributed by atoms with van der Waals surface area (Å²) in [4.78, 5) is 12.7. The lowest BCUT2D eigenvalue weighted by molar-refractivity contribution is 0.102. The van der Waals surface area contributed by atoms with E-state index in [0.717, 1.165) is 6.26 Å². The van der Waals surface area contributed by atoms with Crippen molar-refractivity contribution >= 4 is 37.3 Å². The van der Waals surface area contributed by atoms with Crippen molar-refractivity contribution in [1.29, 1.82) is 0 Å². The van der Waals surface area contributed by atoms with E-state index in [-0.39, 0.29) is 23.6 Å². The van der Waals surface area contributed by atoms with Crippen LogP contribution in [0, 0.1) is 13.8 Å². The molecule has 2 rings (SSSR count). The summed E-state index contributed by atoms with van der Waals surface area (Å²) in [6.07, 6.45) is 1.04. The van der Waals surface area contributed by atoms with Crippen molar-refractivity contribution in [3.8, 4) is 0 Å². The minimum atomic E-state index is -3.80. The van der Waals surface area contributed by atoms with E-state index >= 15 is 0 Å². The quantitative estimate of drug-likeness (QED) is 0.495. The maximum Gasteiger partial charge on any atom is 0.255 e. The van der Waals surface area contributed by atoms with Crippen LogP contribution in [0.3, 0.4) is 0 Å².